The highest BCUT2D eigenvalue weighted by atomic mass is 79.9. The first-order chi connectivity index (χ1) is 7.33. The molecule has 1 aromatic carbocycles. The molecular weight excluding hydrogens is 256 g/mol. The number of ether oxygens (including phenoxy) is 2. The summed E-state index contributed by atoms with van der Waals surface area (Å²) >= 11 is 3.46. The third kappa shape index (κ3) is 2.10. The molecule has 3 rings (SSSR count). The molecule has 3 heteroatoms. The van der Waals surface area contributed by atoms with E-state index < -0.39 is 0 Å². The van der Waals surface area contributed by atoms with Crippen LogP contribution in [0.4, 0.5) is 0 Å². The number of fused-ring (bicyclic) bond motifs is 1. The molecular formula is C12H13BrO2. The van der Waals surface area contributed by atoms with Crippen LogP contribution in [0.5, 0.6) is 0 Å². The van der Waals surface area contributed by atoms with E-state index in [1.807, 2.05) is 12.1 Å². The predicted molar refractivity (Wildman–Crippen MR) is 60.6 cm³/mol. The molecule has 3 atom stereocenters. The van der Waals surface area contributed by atoms with Gasteiger partial charge in [-0.1, -0.05) is 28.1 Å². The Kier molecular flexibility index (Phi) is 2.54. The minimum atomic E-state index is 0.328. The smallest absolute Gasteiger partial charge is 0.110 e. The zero-order chi connectivity index (χ0) is 10.3. The maximum Gasteiger partial charge on any atom is 0.110 e. The van der Waals surface area contributed by atoms with Gasteiger partial charge in [0.25, 0.3) is 0 Å². The Morgan fingerprint density at radius 1 is 1.40 bits per heavy atom. The second-order valence-corrected chi connectivity index (χ2v) is 5.11. The van der Waals surface area contributed by atoms with Gasteiger partial charge in [0.1, 0.15) is 6.10 Å². The van der Waals surface area contributed by atoms with Crippen LogP contribution in [0.25, 0.3) is 0 Å². The van der Waals surface area contributed by atoms with Crippen molar-refractivity contribution in [2.75, 3.05) is 0 Å². The van der Waals surface area contributed by atoms with Crippen molar-refractivity contribution in [1.82, 2.24) is 0 Å². The lowest BCUT2D eigenvalue weighted by molar-refractivity contribution is 0.0160. The molecule has 2 aliphatic rings. The van der Waals surface area contributed by atoms with Crippen molar-refractivity contribution in [2.24, 2.45) is 0 Å². The van der Waals surface area contributed by atoms with Crippen LogP contribution >= 0.6 is 15.9 Å². The molecule has 2 nitrogen and oxygen atoms in total. The summed E-state index contributed by atoms with van der Waals surface area (Å²) in [7, 11) is 0. The summed E-state index contributed by atoms with van der Waals surface area (Å²) in [6.45, 7) is 0.691. The molecule has 1 saturated heterocycles. The average Bonchev–Trinajstić information content (AvgIpc) is 2.90. The Labute approximate surface area is 97.7 Å². The topological polar surface area (TPSA) is 21.8 Å². The molecule has 1 aromatic rings. The monoisotopic (exact) mass is 268 g/mol. The van der Waals surface area contributed by atoms with Gasteiger partial charge in [0.2, 0.25) is 0 Å². The molecule has 1 heterocycles. The molecule has 2 fully saturated rings. The fraction of sp³-hybridized carbons (Fsp3) is 0.500. The molecule has 1 saturated carbocycles. The molecule has 80 valence electrons. The molecule has 1 aliphatic heterocycles. The van der Waals surface area contributed by atoms with Crippen LogP contribution in [-0.2, 0) is 16.1 Å². The van der Waals surface area contributed by atoms with Crippen molar-refractivity contribution in [3.8, 4) is 0 Å². The zero-order valence-electron chi connectivity index (χ0n) is 8.36. The highest BCUT2D eigenvalue weighted by molar-refractivity contribution is 9.10. The minimum absolute atomic E-state index is 0.328. The van der Waals surface area contributed by atoms with Gasteiger partial charge in [-0.15, -0.1) is 0 Å². The predicted octanol–water partition coefficient (Wildman–Crippen LogP) is 2.90. The maximum absolute atomic E-state index is 5.85. The number of hydrogen-bond donors (Lipinski definition) is 0. The zero-order valence-corrected chi connectivity index (χ0v) is 9.94. The van der Waals surface area contributed by atoms with Gasteiger partial charge >= 0.3 is 0 Å². The van der Waals surface area contributed by atoms with Crippen LogP contribution < -0.4 is 0 Å². The number of halogens is 1. The van der Waals surface area contributed by atoms with Crippen molar-refractivity contribution >= 4 is 15.9 Å². The van der Waals surface area contributed by atoms with Gasteiger partial charge < -0.3 is 9.47 Å². The molecule has 0 bridgehead atoms. The fourth-order valence-electron chi connectivity index (χ4n) is 2.22. The maximum atomic E-state index is 5.85. The summed E-state index contributed by atoms with van der Waals surface area (Å²) in [5, 5.41) is 0. The van der Waals surface area contributed by atoms with E-state index in [-0.39, 0.29) is 0 Å². The lowest BCUT2D eigenvalue weighted by Gasteiger charge is -2.12. The summed E-state index contributed by atoms with van der Waals surface area (Å²) in [6, 6.07) is 8.25. The first-order valence-electron chi connectivity index (χ1n) is 5.34. The Hall–Kier alpha value is -0.380. The van der Waals surface area contributed by atoms with Gasteiger partial charge in [0, 0.05) is 4.47 Å². The van der Waals surface area contributed by atoms with Gasteiger partial charge in [0.05, 0.1) is 18.8 Å². The first kappa shape index (κ1) is 9.82. The SMILES string of the molecule is Brc1cccc(CO[C@@H]2CC[C@H]3O[C@@H]23)c1. The van der Waals surface area contributed by atoms with Crippen molar-refractivity contribution < 1.29 is 9.47 Å². The van der Waals surface area contributed by atoms with E-state index in [1.54, 1.807) is 0 Å². The second kappa shape index (κ2) is 3.89. The third-order valence-electron chi connectivity index (χ3n) is 3.08. The van der Waals surface area contributed by atoms with E-state index >= 15 is 0 Å². The van der Waals surface area contributed by atoms with E-state index in [2.05, 4.69) is 28.1 Å². The van der Waals surface area contributed by atoms with Crippen molar-refractivity contribution in [2.45, 2.75) is 37.8 Å². The lowest BCUT2D eigenvalue weighted by atomic mass is 10.2. The average molecular weight is 269 g/mol. The fourth-order valence-corrected chi connectivity index (χ4v) is 2.66. The summed E-state index contributed by atoms with van der Waals surface area (Å²) in [5.41, 5.74) is 1.22. The number of epoxide rings is 1. The normalized spacial score (nSPS) is 32.7. The van der Waals surface area contributed by atoms with Crippen molar-refractivity contribution in [3.63, 3.8) is 0 Å². The lowest BCUT2D eigenvalue weighted by Crippen LogP contribution is -2.15. The standard InChI is InChI=1S/C12H13BrO2/c13-9-3-1-2-8(6-9)7-14-10-4-5-11-12(10)15-11/h1-3,6,10-12H,4-5,7H2/t10-,11-,12+/m1/s1. The first-order valence-corrected chi connectivity index (χ1v) is 6.14. The number of benzene rings is 1. The Morgan fingerprint density at radius 2 is 2.33 bits per heavy atom. The van der Waals surface area contributed by atoms with Gasteiger partial charge in [-0.25, -0.2) is 0 Å². The van der Waals surface area contributed by atoms with Crippen molar-refractivity contribution in [3.05, 3.63) is 34.3 Å². The van der Waals surface area contributed by atoms with E-state index in [4.69, 9.17) is 9.47 Å². The summed E-state index contributed by atoms with van der Waals surface area (Å²) in [5.74, 6) is 0. The number of rotatable bonds is 3. The van der Waals surface area contributed by atoms with E-state index in [0.29, 0.717) is 24.9 Å². The van der Waals surface area contributed by atoms with E-state index in [0.717, 1.165) is 10.9 Å². The molecule has 0 amide bonds. The highest BCUT2D eigenvalue weighted by Crippen LogP contribution is 2.40. The minimum Gasteiger partial charge on any atom is -0.371 e. The van der Waals surface area contributed by atoms with Crippen LogP contribution in [-0.4, -0.2) is 18.3 Å². The molecule has 0 unspecified atom stereocenters. The van der Waals surface area contributed by atoms with E-state index in [9.17, 15) is 0 Å². The highest BCUT2D eigenvalue weighted by Gasteiger charge is 2.50. The molecule has 1 aliphatic carbocycles. The summed E-state index contributed by atoms with van der Waals surface area (Å²) in [4.78, 5) is 0. The van der Waals surface area contributed by atoms with Gasteiger partial charge in [0.15, 0.2) is 0 Å². The van der Waals surface area contributed by atoms with Crippen LogP contribution in [0.2, 0.25) is 0 Å². The second-order valence-electron chi connectivity index (χ2n) is 4.20. The Morgan fingerprint density at radius 3 is 3.00 bits per heavy atom. The Balaban J connectivity index is 1.57. The third-order valence-corrected chi connectivity index (χ3v) is 3.57. The Bertz CT molecular complexity index is 366. The summed E-state index contributed by atoms with van der Waals surface area (Å²) in [6.07, 6.45) is 3.57. The van der Waals surface area contributed by atoms with Gasteiger partial charge in [-0.3, -0.25) is 0 Å². The quantitative estimate of drug-likeness (QED) is 0.787. The van der Waals surface area contributed by atoms with Crippen LogP contribution in [0.1, 0.15) is 18.4 Å². The van der Waals surface area contributed by atoms with E-state index in [1.165, 1.54) is 12.0 Å². The molecule has 0 radical (unpaired) electrons. The van der Waals surface area contributed by atoms with Crippen molar-refractivity contribution in [1.29, 1.82) is 0 Å². The largest absolute Gasteiger partial charge is 0.371 e. The molecule has 0 spiro atoms. The van der Waals surface area contributed by atoms with Crippen LogP contribution in [0.3, 0.4) is 0 Å². The van der Waals surface area contributed by atoms with Gasteiger partial charge in [-0.2, -0.15) is 0 Å². The molecule has 0 N–H and O–H groups in total. The summed E-state index contributed by atoms with van der Waals surface area (Å²) < 4.78 is 12.4. The van der Waals surface area contributed by atoms with Gasteiger partial charge in [-0.05, 0) is 30.5 Å². The molecule has 15 heavy (non-hydrogen) atoms. The van der Waals surface area contributed by atoms with Crippen LogP contribution in [0.15, 0.2) is 28.7 Å². The van der Waals surface area contributed by atoms with Crippen LogP contribution in [0, 0.1) is 0 Å². The number of hydrogen-bond acceptors (Lipinski definition) is 2. The molecule has 0 aromatic heterocycles.